The minimum absolute atomic E-state index is 0.0455. The van der Waals surface area contributed by atoms with Crippen molar-refractivity contribution in [3.8, 4) is 11.6 Å². The number of hydrogen-bond donors (Lipinski definition) is 1. The summed E-state index contributed by atoms with van der Waals surface area (Å²) in [5, 5.41) is 4.44. The van der Waals surface area contributed by atoms with Crippen LogP contribution in [0.5, 0.6) is 5.75 Å². The predicted octanol–water partition coefficient (Wildman–Crippen LogP) is 2.21. The van der Waals surface area contributed by atoms with Gasteiger partial charge in [-0.3, -0.25) is 9.59 Å². The van der Waals surface area contributed by atoms with E-state index in [1.165, 1.54) is 9.58 Å². The highest BCUT2D eigenvalue weighted by molar-refractivity contribution is 6.23. The Morgan fingerprint density at radius 2 is 1.89 bits per heavy atom. The van der Waals surface area contributed by atoms with Gasteiger partial charge in [-0.15, -0.1) is 0 Å². The fraction of sp³-hybridized carbons (Fsp3) is 0.200. The fourth-order valence-electron chi connectivity index (χ4n) is 3.50. The number of ether oxygens (including phenoxy) is 1. The SMILES string of the molecule is COc1ccc(N2C(=O)C[C@H](c3c(C)nn(-c4ccccn4)c3N)C2=O)cc1. The van der Waals surface area contributed by atoms with Crippen LogP contribution < -0.4 is 15.4 Å². The van der Waals surface area contributed by atoms with E-state index in [1.54, 1.807) is 56.6 Å². The maximum absolute atomic E-state index is 13.1. The number of hydrogen-bond acceptors (Lipinski definition) is 6. The molecule has 0 bridgehead atoms. The monoisotopic (exact) mass is 377 g/mol. The first-order chi connectivity index (χ1) is 13.5. The summed E-state index contributed by atoms with van der Waals surface area (Å²) >= 11 is 0. The Morgan fingerprint density at radius 3 is 2.54 bits per heavy atom. The number of aryl methyl sites for hydroxylation is 1. The number of carbonyl (C=O) groups is 2. The van der Waals surface area contributed by atoms with E-state index < -0.39 is 5.92 Å². The van der Waals surface area contributed by atoms with E-state index in [1.807, 2.05) is 6.07 Å². The van der Waals surface area contributed by atoms with Crippen LogP contribution in [-0.2, 0) is 9.59 Å². The Hall–Kier alpha value is -3.68. The minimum atomic E-state index is -0.674. The normalized spacial score (nSPS) is 16.6. The Labute approximate surface area is 161 Å². The van der Waals surface area contributed by atoms with Crippen molar-refractivity contribution in [1.29, 1.82) is 0 Å². The number of aromatic nitrogens is 3. The molecular formula is C20H19N5O3. The van der Waals surface area contributed by atoms with E-state index in [4.69, 9.17) is 10.5 Å². The van der Waals surface area contributed by atoms with Crippen LogP contribution in [0, 0.1) is 6.92 Å². The summed E-state index contributed by atoms with van der Waals surface area (Å²) in [4.78, 5) is 31.1. The van der Waals surface area contributed by atoms with Crippen molar-refractivity contribution in [2.75, 3.05) is 17.7 Å². The number of imide groups is 1. The third-order valence-electron chi connectivity index (χ3n) is 4.84. The molecule has 0 saturated carbocycles. The van der Waals surface area contributed by atoms with Crippen LogP contribution in [0.4, 0.5) is 11.5 Å². The Bertz CT molecular complexity index is 1040. The lowest BCUT2D eigenvalue weighted by atomic mass is 9.97. The number of carbonyl (C=O) groups excluding carboxylic acids is 2. The zero-order chi connectivity index (χ0) is 19.8. The molecule has 2 aromatic heterocycles. The van der Waals surface area contributed by atoms with E-state index in [2.05, 4.69) is 10.1 Å². The van der Waals surface area contributed by atoms with Crippen molar-refractivity contribution >= 4 is 23.3 Å². The molecule has 4 rings (SSSR count). The van der Waals surface area contributed by atoms with Crippen LogP contribution in [0.15, 0.2) is 48.7 Å². The lowest BCUT2D eigenvalue weighted by Crippen LogP contribution is -2.30. The second-order valence-electron chi connectivity index (χ2n) is 6.51. The molecule has 1 atom stereocenters. The number of nitrogens with two attached hydrogens (primary N) is 1. The molecular weight excluding hydrogens is 358 g/mol. The van der Waals surface area contributed by atoms with Crippen molar-refractivity contribution in [2.24, 2.45) is 0 Å². The molecule has 1 fully saturated rings. The van der Waals surface area contributed by atoms with Crippen molar-refractivity contribution in [3.05, 3.63) is 59.9 Å². The van der Waals surface area contributed by atoms with Gasteiger partial charge in [-0.1, -0.05) is 6.07 Å². The standard InChI is InChI=1S/C20H19N5O3/c1-12-18(19(21)25(23-12)16-5-3-4-10-22-16)15-11-17(26)24(20(15)27)13-6-8-14(28-2)9-7-13/h3-10,15H,11,21H2,1-2H3/t15-/m1/s1. The molecule has 0 radical (unpaired) electrons. The van der Waals surface area contributed by atoms with E-state index in [9.17, 15) is 9.59 Å². The van der Waals surface area contributed by atoms with Crippen LogP contribution in [0.25, 0.3) is 5.82 Å². The van der Waals surface area contributed by atoms with Gasteiger partial charge < -0.3 is 10.5 Å². The quantitative estimate of drug-likeness (QED) is 0.699. The van der Waals surface area contributed by atoms with Gasteiger partial charge in [-0.2, -0.15) is 9.78 Å². The maximum atomic E-state index is 13.1. The molecule has 2 N–H and O–H groups in total. The molecule has 0 aliphatic carbocycles. The Balaban J connectivity index is 1.70. The zero-order valence-corrected chi connectivity index (χ0v) is 15.5. The zero-order valence-electron chi connectivity index (χ0n) is 15.5. The van der Waals surface area contributed by atoms with Crippen LogP contribution in [-0.4, -0.2) is 33.7 Å². The number of anilines is 2. The third-order valence-corrected chi connectivity index (χ3v) is 4.84. The average molecular weight is 377 g/mol. The largest absolute Gasteiger partial charge is 0.497 e. The molecule has 8 heteroatoms. The van der Waals surface area contributed by atoms with Crippen LogP contribution >= 0.6 is 0 Å². The first-order valence-corrected chi connectivity index (χ1v) is 8.78. The van der Waals surface area contributed by atoms with Crippen LogP contribution in [0.1, 0.15) is 23.6 Å². The number of methoxy groups -OCH3 is 1. The molecule has 1 aromatic carbocycles. The molecule has 3 heterocycles. The molecule has 142 valence electrons. The second-order valence-corrected chi connectivity index (χ2v) is 6.51. The molecule has 28 heavy (non-hydrogen) atoms. The van der Waals surface area contributed by atoms with Gasteiger partial charge in [0.2, 0.25) is 11.8 Å². The third kappa shape index (κ3) is 2.79. The van der Waals surface area contributed by atoms with Crippen molar-refractivity contribution in [1.82, 2.24) is 14.8 Å². The van der Waals surface area contributed by atoms with Crippen molar-refractivity contribution in [2.45, 2.75) is 19.3 Å². The maximum Gasteiger partial charge on any atom is 0.242 e. The molecule has 2 amide bonds. The summed E-state index contributed by atoms with van der Waals surface area (Å²) < 4.78 is 6.63. The Kier molecular flexibility index (Phi) is 4.31. The van der Waals surface area contributed by atoms with Crippen LogP contribution in [0.2, 0.25) is 0 Å². The summed E-state index contributed by atoms with van der Waals surface area (Å²) in [6.45, 7) is 1.78. The van der Waals surface area contributed by atoms with Gasteiger partial charge in [0.25, 0.3) is 0 Å². The Morgan fingerprint density at radius 1 is 1.14 bits per heavy atom. The van der Waals surface area contributed by atoms with Gasteiger partial charge in [-0.05, 0) is 43.3 Å². The average Bonchev–Trinajstić information content (AvgIpc) is 3.17. The summed E-state index contributed by atoms with van der Waals surface area (Å²) in [7, 11) is 1.56. The summed E-state index contributed by atoms with van der Waals surface area (Å²) in [6.07, 6.45) is 1.69. The first-order valence-electron chi connectivity index (χ1n) is 8.78. The molecule has 3 aromatic rings. The molecule has 1 saturated heterocycles. The minimum Gasteiger partial charge on any atom is -0.497 e. The van der Waals surface area contributed by atoms with Crippen molar-refractivity contribution in [3.63, 3.8) is 0 Å². The van der Waals surface area contributed by atoms with Gasteiger partial charge in [0.05, 0.1) is 24.4 Å². The topological polar surface area (TPSA) is 103 Å². The molecule has 0 spiro atoms. The van der Waals surface area contributed by atoms with Crippen molar-refractivity contribution < 1.29 is 14.3 Å². The highest BCUT2D eigenvalue weighted by atomic mass is 16.5. The van der Waals surface area contributed by atoms with Gasteiger partial charge in [0.1, 0.15) is 11.6 Å². The van der Waals surface area contributed by atoms with Gasteiger partial charge in [0, 0.05) is 18.2 Å². The number of nitrogens with zero attached hydrogens (tertiary/aromatic N) is 4. The second kappa shape index (κ2) is 6.80. The number of amides is 2. The predicted molar refractivity (Wildman–Crippen MR) is 103 cm³/mol. The highest BCUT2D eigenvalue weighted by Crippen LogP contribution is 2.38. The van der Waals surface area contributed by atoms with Gasteiger partial charge >= 0.3 is 0 Å². The lowest BCUT2D eigenvalue weighted by Gasteiger charge is -2.15. The van der Waals surface area contributed by atoms with Gasteiger partial charge in [0.15, 0.2) is 5.82 Å². The molecule has 0 unspecified atom stereocenters. The smallest absolute Gasteiger partial charge is 0.242 e. The fourth-order valence-corrected chi connectivity index (χ4v) is 3.50. The number of nitrogen functional groups attached to an aromatic ring is 1. The molecule has 8 nitrogen and oxygen atoms in total. The summed E-state index contributed by atoms with van der Waals surface area (Å²) in [5.74, 6) is 0.260. The summed E-state index contributed by atoms with van der Waals surface area (Å²) in [6, 6.07) is 12.2. The lowest BCUT2D eigenvalue weighted by molar-refractivity contribution is -0.121. The summed E-state index contributed by atoms with van der Waals surface area (Å²) in [5.41, 5.74) is 7.99. The van der Waals surface area contributed by atoms with Crippen LogP contribution in [0.3, 0.4) is 0 Å². The van der Waals surface area contributed by atoms with E-state index >= 15 is 0 Å². The van der Waals surface area contributed by atoms with E-state index in [-0.39, 0.29) is 18.2 Å². The highest BCUT2D eigenvalue weighted by Gasteiger charge is 2.43. The van der Waals surface area contributed by atoms with E-state index in [0.29, 0.717) is 34.3 Å². The number of benzene rings is 1. The number of rotatable bonds is 4. The van der Waals surface area contributed by atoms with Gasteiger partial charge in [-0.25, -0.2) is 9.88 Å². The molecule has 1 aliphatic heterocycles. The first kappa shape index (κ1) is 17.7. The molecule has 1 aliphatic rings. The van der Waals surface area contributed by atoms with E-state index in [0.717, 1.165) is 0 Å². The number of pyridine rings is 1.